The minimum Gasteiger partial charge on any atom is -0.379 e. The maximum atomic E-state index is 12.3. The molecule has 112 valence electrons. The monoisotopic (exact) mass is 317 g/mol. The summed E-state index contributed by atoms with van der Waals surface area (Å²) in [6.45, 7) is 3.03. The summed E-state index contributed by atoms with van der Waals surface area (Å²) >= 11 is 1.48. The summed E-state index contributed by atoms with van der Waals surface area (Å²) in [5.74, 6) is 0. The fourth-order valence-electron chi connectivity index (χ4n) is 2.00. The molecule has 0 amide bonds. The largest absolute Gasteiger partial charge is 0.379 e. The highest BCUT2D eigenvalue weighted by Crippen LogP contribution is 2.23. The molecule has 1 aromatic heterocycles. The number of nitrogens with zero attached hydrogens (tertiary/aromatic N) is 1. The van der Waals surface area contributed by atoms with Crippen LogP contribution in [0.5, 0.6) is 0 Å². The van der Waals surface area contributed by atoms with Gasteiger partial charge in [-0.2, -0.15) is 0 Å². The average molecular weight is 317 g/mol. The van der Waals surface area contributed by atoms with Crippen molar-refractivity contribution < 1.29 is 13.2 Å². The summed E-state index contributed by atoms with van der Waals surface area (Å²) in [5, 5.41) is 6.78. The maximum Gasteiger partial charge on any atom is 0.254 e. The third-order valence-corrected chi connectivity index (χ3v) is 5.78. The van der Waals surface area contributed by atoms with Crippen LogP contribution in [0.25, 0.3) is 0 Å². The molecule has 1 saturated heterocycles. The van der Waals surface area contributed by atoms with Crippen molar-refractivity contribution in [1.29, 1.82) is 0 Å². The van der Waals surface area contributed by atoms with Crippen LogP contribution in [0.3, 0.4) is 0 Å². The Morgan fingerprint density at radius 2 is 2.10 bits per heavy atom. The molecule has 2 aliphatic rings. The third-order valence-electron chi connectivity index (χ3n) is 3.34. The van der Waals surface area contributed by atoms with Gasteiger partial charge in [-0.25, -0.2) is 13.4 Å². The maximum absolute atomic E-state index is 12.3. The van der Waals surface area contributed by atoms with Crippen LogP contribution >= 0.6 is 11.3 Å². The molecule has 0 bridgehead atoms. The van der Waals surface area contributed by atoms with Gasteiger partial charge in [-0.3, -0.25) is 0 Å². The molecule has 0 radical (unpaired) electrons. The number of morpholine rings is 1. The van der Waals surface area contributed by atoms with Gasteiger partial charge in [0.2, 0.25) is 0 Å². The van der Waals surface area contributed by atoms with Crippen molar-refractivity contribution in [2.75, 3.05) is 26.3 Å². The number of rotatable bonds is 6. The van der Waals surface area contributed by atoms with E-state index < -0.39 is 10.0 Å². The molecular formula is C12H19N3O3S2. The normalized spacial score (nSPS) is 21.2. The van der Waals surface area contributed by atoms with Crippen molar-refractivity contribution in [3.05, 3.63) is 16.3 Å². The van der Waals surface area contributed by atoms with E-state index in [1.165, 1.54) is 24.2 Å². The molecule has 0 unspecified atom stereocenters. The lowest BCUT2D eigenvalue weighted by Gasteiger charge is -2.26. The minimum atomic E-state index is -3.46. The molecule has 20 heavy (non-hydrogen) atoms. The first kappa shape index (κ1) is 14.4. The van der Waals surface area contributed by atoms with Crippen LogP contribution in [0.15, 0.2) is 16.3 Å². The lowest BCUT2D eigenvalue weighted by Crippen LogP contribution is -2.48. The summed E-state index contributed by atoms with van der Waals surface area (Å²) in [5.41, 5.74) is 0. The highest BCUT2D eigenvalue weighted by Gasteiger charge is 2.23. The van der Waals surface area contributed by atoms with Crippen molar-refractivity contribution in [2.24, 2.45) is 0 Å². The van der Waals surface area contributed by atoms with E-state index in [4.69, 9.17) is 4.74 Å². The van der Waals surface area contributed by atoms with Crippen LogP contribution in [0.4, 0.5) is 0 Å². The quantitative estimate of drug-likeness (QED) is 0.801. The van der Waals surface area contributed by atoms with Gasteiger partial charge in [0.15, 0.2) is 0 Å². The van der Waals surface area contributed by atoms with Crippen LogP contribution in [0.1, 0.15) is 17.7 Å². The van der Waals surface area contributed by atoms with Gasteiger partial charge in [0.1, 0.15) is 0 Å². The Labute approximate surface area is 123 Å². The molecule has 1 saturated carbocycles. The van der Waals surface area contributed by atoms with E-state index in [0.717, 1.165) is 11.4 Å². The Morgan fingerprint density at radius 3 is 2.80 bits per heavy atom. The molecule has 2 N–H and O–H groups in total. The van der Waals surface area contributed by atoms with Crippen LogP contribution in [-0.2, 0) is 21.3 Å². The highest BCUT2D eigenvalue weighted by atomic mass is 32.2. The Hall–Kier alpha value is -0.510. The third kappa shape index (κ3) is 3.78. The fourth-order valence-corrected chi connectivity index (χ4v) is 4.35. The molecule has 2 fully saturated rings. The van der Waals surface area contributed by atoms with Crippen LogP contribution in [0, 0.1) is 0 Å². The van der Waals surface area contributed by atoms with Crippen LogP contribution < -0.4 is 10.1 Å². The molecule has 0 aromatic carbocycles. The van der Waals surface area contributed by atoms with E-state index in [1.807, 2.05) is 0 Å². The highest BCUT2D eigenvalue weighted by molar-refractivity contribution is 7.89. The second-order valence-corrected chi connectivity index (χ2v) is 7.75. The molecule has 1 aromatic rings. The first-order valence-electron chi connectivity index (χ1n) is 6.79. The first-order valence-corrected chi connectivity index (χ1v) is 9.16. The molecule has 0 atom stereocenters. The molecule has 3 rings (SSSR count). The zero-order valence-electron chi connectivity index (χ0n) is 11.2. The number of thiophene rings is 1. The van der Waals surface area contributed by atoms with Crippen LogP contribution in [-0.4, -0.2) is 45.8 Å². The average Bonchev–Trinajstić information content (AvgIpc) is 3.13. The van der Waals surface area contributed by atoms with Crippen molar-refractivity contribution >= 4 is 21.4 Å². The number of sulfonamides is 1. The van der Waals surface area contributed by atoms with Gasteiger partial charge < -0.3 is 10.1 Å². The number of hydrogen-bond donors (Lipinski definition) is 2. The smallest absolute Gasteiger partial charge is 0.254 e. The van der Waals surface area contributed by atoms with E-state index in [-0.39, 0.29) is 0 Å². The number of nitrogens with one attached hydrogen (secondary N) is 2. The number of hydrazine groups is 1. The second-order valence-electron chi connectivity index (χ2n) is 5.10. The van der Waals surface area contributed by atoms with Gasteiger partial charge in [-0.15, -0.1) is 16.2 Å². The topological polar surface area (TPSA) is 70.7 Å². The fraction of sp³-hybridized carbons (Fsp3) is 0.667. The minimum absolute atomic E-state index is 0.349. The SMILES string of the molecule is O=S(=O)(NN1CCOCC1)c1csc(CNC2CC2)c1. The van der Waals surface area contributed by atoms with Crippen LogP contribution in [0.2, 0.25) is 0 Å². The van der Waals surface area contributed by atoms with Crippen molar-refractivity contribution in [3.63, 3.8) is 0 Å². The summed E-state index contributed by atoms with van der Waals surface area (Å²) in [6, 6.07) is 2.38. The van der Waals surface area contributed by atoms with Gasteiger partial charge >= 0.3 is 0 Å². The zero-order valence-corrected chi connectivity index (χ0v) is 12.8. The predicted octanol–water partition coefficient (Wildman–Crippen LogP) is 0.526. The standard InChI is InChI=1S/C12H19N3O3S2/c16-20(17,14-15-3-5-18-6-4-15)12-7-11(19-9-12)8-13-10-1-2-10/h7,9-10,13-14H,1-6,8H2. The number of hydrogen-bond acceptors (Lipinski definition) is 6. The van der Waals surface area contributed by atoms with E-state index in [2.05, 4.69) is 10.1 Å². The summed E-state index contributed by atoms with van der Waals surface area (Å²) in [7, 11) is -3.46. The zero-order chi connectivity index (χ0) is 14.0. The van der Waals surface area contributed by atoms with E-state index in [0.29, 0.717) is 37.2 Å². The Bertz CT molecular complexity index is 548. The van der Waals surface area contributed by atoms with Gasteiger partial charge in [0.05, 0.1) is 18.1 Å². The van der Waals surface area contributed by atoms with E-state index >= 15 is 0 Å². The van der Waals surface area contributed by atoms with Gasteiger partial charge in [-0.05, 0) is 18.9 Å². The first-order chi connectivity index (χ1) is 9.63. The van der Waals surface area contributed by atoms with Crippen molar-refractivity contribution in [1.82, 2.24) is 15.2 Å². The lowest BCUT2D eigenvalue weighted by atomic mass is 10.4. The summed E-state index contributed by atoms with van der Waals surface area (Å²) in [6.07, 6.45) is 2.46. The molecule has 2 heterocycles. The predicted molar refractivity (Wildman–Crippen MR) is 76.9 cm³/mol. The second kappa shape index (κ2) is 6.08. The number of ether oxygens (including phenoxy) is 1. The van der Waals surface area contributed by atoms with Crippen molar-refractivity contribution in [3.8, 4) is 0 Å². The van der Waals surface area contributed by atoms with Gasteiger partial charge in [0, 0.05) is 35.9 Å². The van der Waals surface area contributed by atoms with Gasteiger partial charge in [0.25, 0.3) is 10.0 Å². The Kier molecular flexibility index (Phi) is 4.39. The van der Waals surface area contributed by atoms with E-state index in [9.17, 15) is 8.42 Å². The summed E-state index contributed by atoms with van der Waals surface area (Å²) in [4.78, 5) is 4.02. The Morgan fingerprint density at radius 1 is 1.35 bits per heavy atom. The molecule has 1 aliphatic heterocycles. The summed E-state index contributed by atoms with van der Waals surface area (Å²) < 4.78 is 29.7. The van der Waals surface area contributed by atoms with Crippen molar-refractivity contribution in [2.45, 2.75) is 30.3 Å². The molecule has 1 aliphatic carbocycles. The molecule has 0 spiro atoms. The Balaban J connectivity index is 1.60. The van der Waals surface area contributed by atoms with E-state index in [1.54, 1.807) is 16.5 Å². The van der Waals surface area contributed by atoms with Gasteiger partial charge in [-0.1, -0.05) is 0 Å². The lowest BCUT2D eigenvalue weighted by molar-refractivity contribution is 0.0272. The molecule has 8 heteroatoms. The molecular weight excluding hydrogens is 298 g/mol. The molecule has 6 nitrogen and oxygen atoms in total.